The summed E-state index contributed by atoms with van der Waals surface area (Å²) in [6.45, 7) is -0.561. The summed E-state index contributed by atoms with van der Waals surface area (Å²) in [4.78, 5) is 36.1. The topological polar surface area (TPSA) is 133 Å². The van der Waals surface area contributed by atoms with Crippen molar-refractivity contribution >= 4 is 41.0 Å². The van der Waals surface area contributed by atoms with Crippen molar-refractivity contribution in [2.24, 2.45) is 5.73 Å². The Morgan fingerprint density at radius 1 is 1.26 bits per heavy atom. The molecule has 1 aromatic rings. The Balaban J connectivity index is 1.94. The van der Waals surface area contributed by atoms with E-state index in [-0.39, 0.29) is 18.7 Å². The Bertz CT molecular complexity index is 797. The van der Waals surface area contributed by atoms with E-state index in [0.29, 0.717) is 22.9 Å². The monoisotopic (exact) mass is 415 g/mol. The highest BCUT2D eigenvalue weighted by atomic mass is 35.5. The summed E-state index contributed by atoms with van der Waals surface area (Å²) in [6.07, 6.45) is 1.21. The second-order valence-corrected chi connectivity index (χ2v) is 6.76. The molecule has 1 heterocycles. The van der Waals surface area contributed by atoms with Gasteiger partial charge in [-0.05, 0) is 30.5 Å². The highest BCUT2D eigenvalue weighted by Gasteiger charge is 2.42. The van der Waals surface area contributed by atoms with Crippen LogP contribution < -0.4 is 11.1 Å². The van der Waals surface area contributed by atoms with Gasteiger partial charge in [0.25, 0.3) is 11.8 Å². The predicted molar refractivity (Wildman–Crippen MR) is 99.6 cm³/mol. The summed E-state index contributed by atoms with van der Waals surface area (Å²) < 4.78 is 0. The minimum Gasteiger partial charge on any atom is -0.503 e. The average molecular weight is 416 g/mol. The summed E-state index contributed by atoms with van der Waals surface area (Å²) in [7, 11) is 0. The van der Waals surface area contributed by atoms with Crippen molar-refractivity contribution in [2.45, 2.75) is 18.9 Å². The number of benzene rings is 1. The zero-order valence-corrected chi connectivity index (χ0v) is 15.8. The zero-order valence-electron chi connectivity index (χ0n) is 14.2. The summed E-state index contributed by atoms with van der Waals surface area (Å²) in [5.41, 5.74) is 6.31. The average Bonchev–Trinajstić information content (AvgIpc) is 2.85. The number of hydrogen-bond acceptors (Lipinski definition) is 5. The fraction of sp³-hybridized carbons (Fsp3) is 0.353. The van der Waals surface area contributed by atoms with Gasteiger partial charge in [-0.25, -0.2) is 0 Å². The number of aliphatic hydroxyl groups excluding tert-OH is 1. The van der Waals surface area contributed by atoms with Gasteiger partial charge in [0.1, 0.15) is 6.54 Å². The van der Waals surface area contributed by atoms with Crippen LogP contribution in [0.1, 0.15) is 12.0 Å². The second-order valence-electron chi connectivity index (χ2n) is 5.95. The molecule has 0 fully saturated rings. The van der Waals surface area contributed by atoms with Crippen LogP contribution in [-0.4, -0.2) is 58.6 Å². The minimum atomic E-state index is -1.27. The Morgan fingerprint density at radius 2 is 1.96 bits per heavy atom. The third kappa shape index (κ3) is 4.91. The van der Waals surface area contributed by atoms with Crippen LogP contribution in [-0.2, 0) is 20.8 Å². The van der Waals surface area contributed by atoms with Crippen molar-refractivity contribution in [1.82, 2.24) is 10.2 Å². The second kappa shape index (κ2) is 9.07. The molecule has 0 spiro atoms. The number of carboxylic acids is 1. The number of aryl methyl sites for hydroxylation is 1. The van der Waals surface area contributed by atoms with Crippen molar-refractivity contribution in [2.75, 3.05) is 19.6 Å². The summed E-state index contributed by atoms with van der Waals surface area (Å²) in [5, 5.41) is 22.4. The van der Waals surface area contributed by atoms with Crippen LogP contribution in [0.25, 0.3) is 0 Å². The molecule has 8 nitrogen and oxygen atoms in total. The molecule has 10 heteroatoms. The molecule has 0 saturated carbocycles. The van der Waals surface area contributed by atoms with Gasteiger partial charge in [-0.2, -0.15) is 0 Å². The lowest BCUT2D eigenvalue weighted by atomic mass is 10.1. The Morgan fingerprint density at radius 3 is 2.56 bits per heavy atom. The Kier molecular flexibility index (Phi) is 7.06. The van der Waals surface area contributed by atoms with Crippen LogP contribution in [0, 0.1) is 0 Å². The number of nitrogens with two attached hydrogens (primary N) is 1. The fourth-order valence-electron chi connectivity index (χ4n) is 2.82. The molecule has 2 rings (SSSR count). The number of nitrogens with zero attached hydrogens (tertiary/aromatic N) is 1. The van der Waals surface area contributed by atoms with E-state index < -0.39 is 36.1 Å². The molecule has 0 radical (unpaired) electrons. The molecule has 0 aromatic heterocycles. The number of aliphatic carboxylic acids is 1. The third-order valence-electron chi connectivity index (χ3n) is 4.11. The summed E-state index contributed by atoms with van der Waals surface area (Å²) in [6, 6.07) is 4.27. The van der Waals surface area contributed by atoms with E-state index in [1.165, 1.54) is 0 Å². The minimum absolute atomic E-state index is 0.185. The van der Waals surface area contributed by atoms with Gasteiger partial charge in [0.15, 0.2) is 5.76 Å². The number of amides is 2. The normalized spacial score (nSPS) is 16.8. The Hall–Kier alpha value is -2.29. The number of carboxylic acid groups (broad SMARTS) is 1. The third-order valence-corrected chi connectivity index (χ3v) is 4.85. The molecule has 0 bridgehead atoms. The van der Waals surface area contributed by atoms with Crippen LogP contribution in [0.3, 0.4) is 0 Å². The molecule has 1 aliphatic rings. The maximum Gasteiger partial charge on any atom is 0.323 e. The molecule has 1 atom stereocenters. The van der Waals surface area contributed by atoms with Gasteiger partial charge in [-0.1, -0.05) is 29.3 Å². The molecule has 1 aromatic carbocycles. The lowest BCUT2D eigenvalue weighted by Crippen LogP contribution is -2.45. The number of halogens is 2. The van der Waals surface area contributed by atoms with Gasteiger partial charge < -0.3 is 26.2 Å². The molecular formula is C17H19Cl2N3O5. The first kappa shape index (κ1) is 21.0. The number of carbonyl (C=O) groups excluding carboxylic acids is 2. The quantitative estimate of drug-likeness (QED) is 0.470. The molecule has 0 aliphatic carbocycles. The number of carbonyl (C=O) groups is 3. The van der Waals surface area contributed by atoms with Gasteiger partial charge in [0.2, 0.25) is 0 Å². The molecule has 2 amide bonds. The highest BCUT2D eigenvalue weighted by molar-refractivity contribution is 6.42. The van der Waals surface area contributed by atoms with E-state index in [0.717, 1.165) is 10.5 Å². The smallest absolute Gasteiger partial charge is 0.323 e. The lowest BCUT2D eigenvalue weighted by molar-refractivity contribution is -0.143. The molecular weight excluding hydrogens is 397 g/mol. The van der Waals surface area contributed by atoms with E-state index in [1.807, 2.05) is 6.07 Å². The molecule has 5 N–H and O–H groups in total. The first-order valence-electron chi connectivity index (χ1n) is 8.14. The maximum atomic E-state index is 12.4. The van der Waals surface area contributed by atoms with E-state index in [4.69, 9.17) is 34.0 Å². The molecule has 27 heavy (non-hydrogen) atoms. The first-order chi connectivity index (χ1) is 12.8. The van der Waals surface area contributed by atoms with Crippen molar-refractivity contribution in [3.63, 3.8) is 0 Å². The van der Waals surface area contributed by atoms with Crippen LogP contribution in [0.15, 0.2) is 29.5 Å². The fourth-order valence-corrected chi connectivity index (χ4v) is 3.14. The predicted octanol–water partition coefficient (Wildman–Crippen LogP) is 1.11. The number of nitrogens with one attached hydrogen (secondary N) is 1. The van der Waals surface area contributed by atoms with Gasteiger partial charge in [0, 0.05) is 13.1 Å². The van der Waals surface area contributed by atoms with Gasteiger partial charge >= 0.3 is 5.97 Å². The lowest BCUT2D eigenvalue weighted by Gasteiger charge is -2.23. The maximum absolute atomic E-state index is 12.4. The van der Waals surface area contributed by atoms with Gasteiger partial charge in [0.05, 0.1) is 21.7 Å². The van der Waals surface area contributed by atoms with Crippen LogP contribution in [0.2, 0.25) is 10.0 Å². The Labute approximate surface area is 165 Å². The standard InChI is InChI=1S/C17H19Cl2N3O5/c18-10-4-3-9(6-11(10)19)2-1-5-21-16(26)14-12(7-20)22(8-13(23)24)17(27)15(14)25/h3-4,6,12,25H,1-2,5,7-8,20H2,(H,21,26)(H,23,24). The molecule has 146 valence electrons. The van der Waals surface area contributed by atoms with E-state index >= 15 is 0 Å². The van der Waals surface area contributed by atoms with Gasteiger partial charge in [-0.15, -0.1) is 0 Å². The number of aliphatic hydroxyl groups is 1. The van der Waals surface area contributed by atoms with E-state index in [9.17, 15) is 19.5 Å². The number of rotatable bonds is 8. The molecule has 1 unspecified atom stereocenters. The zero-order chi connectivity index (χ0) is 20.1. The van der Waals surface area contributed by atoms with Crippen LogP contribution >= 0.6 is 23.2 Å². The van der Waals surface area contributed by atoms with Crippen LogP contribution in [0.5, 0.6) is 0 Å². The van der Waals surface area contributed by atoms with Crippen molar-refractivity contribution in [3.05, 3.63) is 45.1 Å². The van der Waals surface area contributed by atoms with Crippen molar-refractivity contribution in [1.29, 1.82) is 0 Å². The number of hydrogen-bond donors (Lipinski definition) is 4. The van der Waals surface area contributed by atoms with Crippen molar-refractivity contribution < 1.29 is 24.6 Å². The highest BCUT2D eigenvalue weighted by Crippen LogP contribution is 2.25. The van der Waals surface area contributed by atoms with Gasteiger partial charge in [-0.3, -0.25) is 14.4 Å². The first-order valence-corrected chi connectivity index (χ1v) is 8.90. The van der Waals surface area contributed by atoms with Crippen LogP contribution in [0.4, 0.5) is 0 Å². The molecule has 1 aliphatic heterocycles. The summed E-state index contributed by atoms with van der Waals surface area (Å²) >= 11 is 11.8. The van der Waals surface area contributed by atoms with Crippen molar-refractivity contribution in [3.8, 4) is 0 Å². The molecule has 0 saturated heterocycles. The SMILES string of the molecule is NCC1C(C(=O)NCCCc2ccc(Cl)c(Cl)c2)=C(O)C(=O)N1CC(=O)O. The van der Waals surface area contributed by atoms with E-state index in [1.54, 1.807) is 12.1 Å². The van der Waals surface area contributed by atoms with E-state index in [2.05, 4.69) is 5.32 Å². The largest absolute Gasteiger partial charge is 0.503 e. The summed E-state index contributed by atoms with van der Waals surface area (Å²) in [5.74, 6) is -3.61.